The molecule has 13 heavy (non-hydrogen) atoms. The Balaban J connectivity index is 4.14. The monoisotopic (exact) mass is 182 g/mol. The van der Waals surface area contributed by atoms with Gasteiger partial charge in [-0.1, -0.05) is 18.7 Å². The van der Waals surface area contributed by atoms with Crippen LogP contribution >= 0.6 is 0 Å². The van der Waals surface area contributed by atoms with E-state index in [4.69, 9.17) is 0 Å². The quantitative estimate of drug-likeness (QED) is 0.281. The molecule has 0 atom stereocenters. The van der Waals surface area contributed by atoms with Gasteiger partial charge in [0, 0.05) is 5.57 Å². The molecule has 0 heterocycles. The van der Waals surface area contributed by atoms with E-state index < -0.39 is 5.97 Å². The van der Waals surface area contributed by atoms with Crippen LogP contribution in [-0.4, -0.2) is 18.4 Å². The minimum absolute atomic E-state index is 0.209. The smallest absolute Gasteiger partial charge is 0.313 e. The summed E-state index contributed by atoms with van der Waals surface area (Å²) in [6.45, 7) is 7.19. The van der Waals surface area contributed by atoms with Gasteiger partial charge >= 0.3 is 5.97 Å². The van der Waals surface area contributed by atoms with E-state index in [0.29, 0.717) is 12.2 Å². The molecule has 0 aromatic carbocycles. The number of Topliss-reactive ketones (excluding diaryl/α,β-unsaturated/α-hetero) is 1. The highest BCUT2D eigenvalue weighted by Crippen LogP contribution is 2.02. The van der Waals surface area contributed by atoms with Crippen LogP contribution in [-0.2, 0) is 14.3 Å². The Morgan fingerprint density at radius 3 is 2.46 bits per heavy atom. The highest BCUT2D eigenvalue weighted by atomic mass is 16.5. The van der Waals surface area contributed by atoms with E-state index >= 15 is 0 Å². The van der Waals surface area contributed by atoms with Crippen molar-refractivity contribution in [2.75, 3.05) is 6.61 Å². The predicted molar refractivity (Wildman–Crippen MR) is 50.2 cm³/mol. The first-order valence-electron chi connectivity index (χ1n) is 4.13. The van der Waals surface area contributed by atoms with Crippen molar-refractivity contribution in [3.63, 3.8) is 0 Å². The number of ketones is 1. The van der Waals surface area contributed by atoms with Crippen molar-refractivity contribution in [1.82, 2.24) is 0 Å². The van der Waals surface area contributed by atoms with Gasteiger partial charge in [-0.2, -0.15) is 0 Å². The topological polar surface area (TPSA) is 43.4 Å². The molecule has 0 bridgehead atoms. The van der Waals surface area contributed by atoms with Crippen LogP contribution < -0.4 is 0 Å². The molecule has 0 rings (SSSR count). The first kappa shape index (κ1) is 11.6. The van der Waals surface area contributed by atoms with Crippen molar-refractivity contribution in [1.29, 1.82) is 0 Å². The first-order valence-corrected chi connectivity index (χ1v) is 4.13. The van der Waals surface area contributed by atoms with Gasteiger partial charge in [-0.3, -0.25) is 9.59 Å². The second kappa shape index (κ2) is 6.17. The molecule has 3 heteroatoms. The van der Waals surface area contributed by atoms with Crippen LogP contribution in [0.25, 0.3) is 0 Å². The third-order valence-electron chi connectivity index (χ3n) is 1.46. The zero-order valence-electron chi connectivity index (χ0n) is 8.00. The molecule has 0 saturated heterocycles. The van der Waals surface area contributed by atoms with E-state index in [1.807, 2.05) is 0 Å². The summed E-state index contributed by atoms with van der Waals surface area (Å²) in [5.41, 5.74) is 0.452. The van der Waals surface area contributed by atoms with E-state index in [9.17, 15) is 9.59 Å². The lowest BCUT2D eigenvalue weighted by Gasteiger charge is -2.00. The molecule has 0 aliphatic heterocycles. The zero-order chi connectivity index (χ0) is 10.3. The number of esters is 1. The minimum atomic E-state index is -0.492. The van der Waals surface area contributed by atoms with Gasteiger partial charge in [0.05, 0.1) is 6.61 Å². The summed E-state index contributed by atoms with van der Waals surface area (Å²) < 4.78 is 4.63. The van der Waals surface area contributed by atoms with Crippen LogP contribution in [0.15, 0.2) is 24.3 Å². The number of carbonyl (C=O) groups excluding carboxylic acids is 2. The van der Waals surface area contributed by atoms with Crippen molar-refractivity contribution >= 4 is 11.8 Å². The average molecular weight is 182 g/mol. The summed E-state index contributed by atoms with van der Waals surface area (Å²) in [6, 6.07) is 0. The van der Waals surface area contributed by atoms with Gasteiger partial charge in [0.1, 0.15) is 6.42 Å². The molecule has 0 saturated carbocycles. The summed E-state index contributed by atoms with van der Waals surface area (Å²) in [6.07, 6.45) is 2.84. The summed E-state index contributed by atoms with van der Waals surface area (Å²) in [5, 5.41) is 0. The molecule has 0 fully saturated rings. The van der Waals surface area contributed by atoms with Crippen LogP contribution in [0.3, 0.4) is 0 Å². The van der Waals surface area contributed by atoms with Crippen LogP contribution in [0.4, 0.5) is 0 Å². The number of hydrogen-bond donors (Lipinski definition) is 0. The molecule has 0 N–H and O–H groups in total. The number of rotatable bonds is 5. The SMILES string of the molecule is C=C/C(=C\C)C(=O)CC(=O)OCC. The lowest BCUT2D eigenvalue weighted by molar-refractivity contribution is -0.144. The fraction of sp³-hybridized carbons (Fsp3) is 0.400. The second-order valence-electron chi connectivity index (χ2n) is 2.35. The van der Waals surface area contributed by atoms with Gasteiger partial charge in [0.15, 0.2) is 5.78 Å². The zero-order valence-corrected chi connectivity index (χ0v) is 8.00. The molecule has 3 nitrogen and oxygen atoms in total. The Morgan fingerprint density at radius 1 is 1.46 bits per heavy atom. The molecule has 0 unspecified atom stereocenters. The van der Waals surface area contributed by atoms with Crippen LogP contribution in [0, 0.1) is 0 Å². The molecular weight excluding hydrogens is 168 g/mol. The fourth-order valence-corrected chi connectivity index (χ4v) is 0.838. The molecule has 0 aromatic heterocycles. The van der Waals surface area contributed by atoms with Crippen molar-refractivity contribution < 1.29 is 14.3 Å². The maximum Gasteiger partial charge on any atom is 0.313 e. The molecule has 0 aromatic rings. The number of carbonyl (C=O) groups is 2. The van der Waals surface area contributed by atoms with Gasteiger partial charge in [-0.25, -0.2) is 0 Å². The van der Waals surface area contributed by atoms with E-state index in [0.717, 1.165) is 0 Å². The van der Waals surface area contributed by atoms with Crippen molar-refractivity contribution in [3.8, 4) is 0 Å². The Kier molecular flexibility index (Phi) is 5.52. The van der Waals surface area contributed by atoms with E-state index in [1.165, 1.54) is 6.08 Å². The summed E-state index contributed by atoms with van der Waals surface area (Å²) in [4.78, 5) is 22.1. The average Bonchev–Trinajstić information content (AvgIpc) is 2.06. The highest BCUT2D eigenvalue weighted by Gasteiger charge is 2.11. The number of hydrogen-bond acceptors (Lipinski definition) is 3. The van der Waals surface area contributed by atoms with E-state index in [2.05, 4.69) is 11.3 Å². The van der Waals surface area contributed by atoms with Crippen LogP contribution in [0.5, 0.6) is 0 Å². The van der Waals surface area contributed by atoms with Crippen LogP contribution in [0.1, 0.15) is 20.3 Å². The predicted octanol–water partition coefficient (Wildman–Crippen LogP) is 1.64. The maximum absolute atomic E-state index is 11.3. The molecule has 0 aliphatic carbocycles. The summed E-state index contributed by atoms with van der Waals surface area (Å²) in [7, 11) is 0. The summed E-state index contributed by atoms with van der Waals surface area (Å²) >= 11 is 0. The number of ether oxygens (including phenoxy) is 1. The molecule has 72 valence electrons. The molecule has 0 aliphatic rings. The van der Waals surface area contributed by atoms with Crippen molar-refractivity contribution in [2.45, 2.75) is 20.3 Å². The van der Waals surface area contributed by atoms with Gasteiger partial charge in [0.2, 0.25) is 0 Å². The van der Waals surface area contributed by atoms with Gasteiger partial charge in [-0.15, -0.1) is 0 Å². The van der Waals surface area contributed by atoms with Crippen molar-refractivity contribution in [2.24, 2.45) is 0 Å². The maximum atomic E-state index is 11.3. The Labute approximate surface area is 78.1 Å². The standard InChI is InChI=1S/C10H14O3/c1-4-8(5-2)9(11)7-10(12)13-6-3/h4-5H,1,6-7H2,2-3H3/b8-5+. The third-order valence-corrected chi connectivity index (χ3v) is 1.46. The van der Waals surface area contributed by atoms with E-state index in [1.54, 1.807) is 19.9 Å². The Morgan fingerprint density at radius 2 is 2.08 bits per heavy atom. The second-order valence-corrected chi connectivity index (χ2v) is 2.35. The molecule has 0 radical (unpaired) electrons. The van der Waals surface area contributed by atoms with Crippen molar-refractivity contribution in [3.05, 3.63) is 24.3 Å². The normalized spacial score (nSPS) is 10.8. The molecule has 0 amide bonds. The fourth-order valence-electron chi connectivity index (χ4n) is 0.838. The van der Waals surface area contributed by atoms with Gasteiger partial charge < -0.3 is 4.74 Å². The third kappa shape index (κ3) is 4.25. The lowest BCUT2D eigenvalue weighted by Crippen LogP contribution is -2.11. The first-order chi connectivity index (χ1) is 6.15. The number of allylic oxidation sites excluding steroid dienone is 3. The van der Waals surface area contributed by atoms with Crippen LogP contribution in [0.2, 0.25) is 0 Å². The highest BCUT2D eigenvalue weighted by molar-refractivity contribution is 6.07. The Hall–Kier alpha value is -1.38. The Bertz CT molecular complexity index is 239. The lowest BCUT2D eigenvalue weighted by atomic mass is 10.1. The molecule has 0 spiro atoms. The summed E-state index contributed by atoms with van der Waals surface area (Å²) in [5.74, 6) is -0.746. The van der Waals surface area contributed by atoms with Gasteiger partial charge in [0.25, 0.3) is 0 Å². The van der Waals surface area contributed by atoms with Gasteiger partial charge in [-0.05, 0) is 13.8 Å². The van der Waals surface area contributed by atoms with E-state index in [-0.39, 0.29) is 12.2 Å². The molecular formula is C10H14O3. The largest absolute Gasteiger partial charge is 0.466 e. The minimum Gasteiger partial charge on any atom is -0.466 e.